The molecule has 6 aromatic carbocycles. The van der Waals surface area contributed by atoms with Crippen LogP contribution in [0.5, 0.6) is 0 Å². The summed E-state index contributed by atoms with van der Waals surface area (Å²) in [5.41, 5.74) is 12.2. The normalized spacial score (nSPS) is 11.9. The highest BCUT2D eigenvalue weighted by molar-refractivity contribution is 7.80. The molecule has 6 rings (SSSR count). The molecule has 0 unspecified atom stereocenters. The van der Waals surface area contributed by atoms with Gasteiger partial charge >= 0.3 is 0 Å². The lowest BCUT2D eigenvalue weighted by molar-refractivity contribution is 1.38. The predicted octanol–water partition coefficient (Wildman–Crippen LogP) is 11.5. The Labute approximate surface area is 270 Å². The summed E-state index contributed by atoms with van der Waals surface area (Å²) >= 11 is 9.56. The fourth-order valence-corrected chi connectivity index (χ4v) is 5.95. The Kier molecular flexibility index (Phi) is 8.92. The van der Waals surface area contributed by atoms with Gasteiger partial charge in [0.15, 0.2) is 0 Å². The van der Waals surface area contributed by atoms with Crippen molar-refractivity contribution in [1.82, 2.24) is 0 Å². The maximum Gasteiger partial charge on any atom is 0.0712 e. The summed E-state index contributed by atoms with van der Waals surface area (Å²) in [7, 11) is 0. The van der Waals surface area contributed by atoms with E-state index in [1.807, 2.05) is 62.4 Å². The first-order chi connectivity index (χ1) is 21.5. The van der Waals surface area contributed by atoms with E-state index in [4.69, 9.17) is 35.2 Å². The molecule has 0 aliphatic heterocycles. The van der Waals surface area contributed by atoms with Gasteiger partial charge in [0, 0.05) is 43.5 Å². The molecule has 0 spiro atoms. The molecule has 0 fully saturated rings. The molecular weight excluding hydrogens is 573 g/mol. The number of aliphatic imine (C=N–C) groups is 2. The van der Waals surface area contributed by atoms with Gasteiger partial charge in [-0.15, -0.1) is 25.3 Å². The Balaban J connectivity index is 1.39. The van der Waals surface area contributed by atoms with E-state index < -0.39 is 0 Å². The van der Waals surface area contributed by atoms with Crippen LogP contribution in [0.3, 0.4) is 0 Å². The highest BCUT2D eigenvalue weighted by atomic mass is 32.1. The molecule has 6 aromatic rings. The smallest absolute Gasteiger partial charge is 0.0712 e. The van der Waals surface area contributed by atoms with Crippen LogP contribution in [0.2, 0.25) is 0 Å². The van der Waals surface area contributed by atoms with Gasteiger partial charge in [-0.1, -0.05) is 109 Å². The lowest BCUT2D eigenvalue weighted by Gasteiger charge is -2.13. The molecule has 0 amide bonds. The zero-order chi connectivity index (χ0) is 30.5. The number of nitrogens with zero attached hydrogens (tertiary/aromatic N) is 2. The molecule has 0 atom stereocenters. The van der Waals surface area contributed by atoms with Gasteiger partial charge in [-0.25, -0.2) is 0 Å². The molecule has 4 heteroatoms. The Morgan fingerprint density at radius 1 is 0.409 bits per heavy atom. The van der Waals surface area contributed by atoms with E-state index in [-0.39, 0.29) is 0 Å². The molecule has 0 heterocycles. The second-order valence-corrected chi connectivity index (χ2v) is 11.6. The fraction of sp³-hybridized carbons (Fsp3) is 0.0500. The van der Waals surface area contributed by atoms with Crippen LogP contribution in [0.1, 0.15) is 25.0 Å². The zero-order valence-corrected chi connectivity index (χ0v) is 26.4. The van der Waals surface area contributed by atoms with Crippen molar-refractivity contribution in [3.8, 4) is 33.4 Å². The highest BCUT2D eigenvalue weighted by Crippen LogP contribution is 2.38. The van der Waals surface area contributed by atoms with Crippen LogP contribution in [0.4, 0.5) is 11.4 Å². The minimum Gasteiger partial charge on any atom is -0.252 e. The molecule has 214 valence electrons. The third kappa shape index (κ3) is 6.47. The van der Waals surface area contributed by atoms with Gasteiger partial charge in [0.1, 0.15) is 0 Å². The van der Waals surface area contributed by atoms with Crippen molar-refractivity contribution < 1.29 is 0 Å². The van der Waals surface area contributed by atoms with Crippen LogP contribution in [0.25, 0.3) is 33.4 Å². The van der Waals surface area contributed by atoms with E-state index in [1.165, 1.54) is 0 Å². The van der Waals surface area contributed by atoms with Gasteiger partial charge < -0.3 is 0 Å². The SMILES string of the molecule is CC(=Nc1ccccc1-c1ccccc1N=C(C)c1cc(-c2ccccc2)ccc1S)c1cc(-c2ccccc2)ccc1S. The molecular formula is C40H32N2S2. The monoisotopic (exact) mass is 604 g/mol. The Hall–Kier alpha value is -4.64. The average molecular weight is 605 g/mol. The summed E-state index contributed by atoms with van der Waals surface area (Å²) < 4.78 is 0. The van der Waals surface area contributed by atoms with Gasteiger partial charge in [0.05, 0.1) is 11.4 Å². The number of thiol groups is 2. The van der Waals surface area contributed by atoms with Gasteiger partial charge in [-0.3, -0.25) is 9.98 Å². The van der Waals surface area contributed by atoms with Gasteiger partial charge in [-0.05, 0) is 72.5 Å². The highest BCUT2D eigenvalue weighted by Gasteiger charge is 2.13. The Morgan fingerprint density at radius 3 is 1.18 bits per heavy atom. The van der Waals surface area contributed by atoms with Gasteiger partial charge in [0.25, 0.3) is 0 Å². The molecule has 0 bridgehead atoms. The van der Waals surface area contributed by atoms with E-state index in [0.717, 1.165) is 77.1 Å². The Morgan fingerprint density at radius 2 is 0.773 bits per heavy atom. The van der Waals surface area contributed by atoms with E-state index in [9.17, 15) is 0 Å². The maximum atomic E-state index is 5.15. The molecule has 0 aliphatic carbocycles. The molecule has 0 saturated carbocycles. The van der Waals surface area contributed by atoms with E-state index in [1.54, 1.807) is 0 Å². The van der Waals surface area contributed by atoms with Crippen LogP contribution < -0.4 is 0 Å². The maximum absolute atomic E-state index is 5.15. The minimum absolute atomic E-state index is 0.879. The third-order valence-electron chi connectivity index (χ3n) is 7.66. The van der Waals surface area contributed by atoms with Crippen LogP contribution in [0, 0.1) is 0 Å². The number of benzene rings is 6. The van der Waals surface area contributed by atoms with Gasteiger partial charge in [-0.2, -0.15) is 0 Å². The topological polar surface area (TPSA) is 24.7 Å². The average Bonchev–Trinajstić information content (AvgIpc) is 3.06. The van der Waals surface area contributed by atoms with E-state index >= 15 is 0 Å². The van der Waals surface area contributed by atoms with Crippen molar-refractivity contribution in [2.24, 2.45) is 9.98 Å². The van der Waals surface area contributed by atoms with Crippen molar-refractivity contribution in [2.75, 3.05) is 0 Å². The van der Waals surface area contributed by atoms with Crippen LogP contribution in [0.15, 0.2) is 165 Å². The molecule has 0 aliphatic rings. The minimum atomic E-state index is 0.879. The quantitative estimate of drug-likeness (QED) is 0.134. The summed E-state index contributed by atoms with van der Waals surface area (Å²) in [6.07, 6.45) is 0. The summed E-state index contributed by atoms with van der Waals surface area (Å²) in [6.45, 7) is 4.09. The number of rotatable bonds is 7. The third-order valence-corrected chi connectivity index (χ3v) is 8.44. The number of para-hydroxylation sites is 2. The number of hydrogen-bond donors (Lipinski definition) is 2. The molecule has 0 saturated heterocycles. The summed E-state index contributed by atoms with van der Waals surface area (Å²) in [5.74, 6) is 0. The van der Waals surface area contributed by atoms with Crippen molar-refractivity contribution in [1.29, 1.82) is 0 Å². The first kappa shape index (κ1) is 29.4. The van der Waals surface area contributed by atoms with Crippen molar-refractivity contribution >= 4 is 48.1 Å². The lowest BCUT2D eigenvalue weighted by Crippen LogP contribution is -1.98. The lowest BCUT2D eigenvalue weighted by atomic mass is 9.99. The fourth-order valence-electron chi connectivity index (χ4n) is 5.35. The number of hydrogen-bond acceptors (Lipinski definition) is 4. The Bertz CT molecular complexity index is 1850. The molecule has 44 heavy (non-hydrogen) atoms. The van der Waals surface area contributed by atoms with Crippen molar-refractivity contribution in [3.05, 3.63) is 157 Å². The van der Waals surface area contributed by atoms with Crippen LogP contribution >= 0.6 is 25.3 Å². The molecule has 0 radical (unpaired) electrons. The molecule has 2 nitrogen and oxygen atoms in total. The zero-order valence-electron chi connectivity index (χ0n) is 24.6. The second-order valence-electron chi connectivity index (χ2n) is 10.6. The summed E-state index contributed by atoms with van der Waals surface area (Å²) in [5, 5.41) is 0. The summed E-state index contributed by atoms with van der Waals surface area (Å²) in [6, 6.07) is 49.9. The summed E-state index contributed by atoms with van der Waals surface area (Å²) in [4.78, 5) is 12.1. The van der Waals surface area contributed by atoms with Crippen LogP contribution in [-0.4, -0.2) is 11.4 Å². The van der Waals surface area contributed by atoms with Crippen molar-refractivity contribution in [2.45, 2.75) is 23.6 Å². The van der Waals surface area contributed by atoms with E-state index in [0.29, 0.717) is 0 Å². The van der Waals surface area contributed by atoms with Crippen LogP contribution in [-0.2, 0) is 0 Å². The first-order valence-corrected chi connectivity index (χ1v) is 15.4. The molecule has 0 N–H and O–H groups in total. The first-order valence-electron chi connectivity index (χ1n) is 14.5. The van der Waals surface area contributed by atoms with E-state index in [2.05, 4.69) is 97.1 Å². The standard InChI is InChI=1S/C40H32N2S2/c1-27(35-25-31(21-23-39(35)43)29-13-5-3-6-14-29)41-37-19-11-9-17-33(37)34-18-10-12-20-38(34)42-28(2)36-26-32(22-24-40(36)44)30-15-7-4-8-16-30/h3-26,43-44H,1-2H3. The molecule has 0 aromatic heterocycles. The van der Waals surface area contributed by atoms with Gasteiger partial charge in [0.2, 0.25) is 0 Å². The largest absolute Gasteiger partial charge is 0.252 e. The predicted molar refractivity (Wildman–Crippen MR) is 194 cm³/mol. The second kappa shape index (κ2) is 13.3. The van der Waals surface area contributed by atoms with Crippen molar-refractivity contribution in [3.63, 3.8) is 0 Å².